The monoisotopic (exact) mass is 382 g/mol. The molecule has 0 aliphatic carbocycles. The van der Waals surface area contributed by atoms with Crippen LogP contribution >= 0.6 is 11.6 Å². The first-order valence-corrected chi connectivity index (χ1v) is 9.39. The lowest BCUT2D eigenvalue weighted by Crippen LogP contribution is -2.48. The zero-order valence-corrected chi connectivity index (χ0v) is 16.4. The molecule has 0 atom stereocenters. The summed E-state index contributed by atoms with van der Waals surface area (Å²) in [6, 6.07) is 13.6. The van der Waals surface area contributed by atoms with E-state index in [2.05, 4.69) is 21.2 Å². The number of hydrogen-bond donors (Lipinski definition) is 1. The number of nitriles is 1. The highest BCUT2D eigenvalue weighted by Crippen LogP contribution is 2.25. The summed E-state index contributed by atoms with van der Waals surface area (Å²) < 4.78 is 0. The average Bonchev–Trinajstić information content (AvgIpc) is 2.65. The minimum absolute atomic E-state index is 0.00468. The summed E-state index contributed by atoms with van der Waals surface area (Å²) in [6.45, 7) is 7.45. The molecule has 0 saturated carbocycles. The fourth-order valence-electron chi connectivity index (χ4n) is 3.41. The van der Waals surface area contributed by atoms with Crippen molar-refractivity contribution in [2.24, 2.45) is 0 Å². The van der Waals surface area contributed by atoms with Gasteiger partial charge in [0.15, 0.2) is 0 Å². The van der Waals surface area contributed by atoms with Crippen LogP contribution in [0.15, 0.2) is 36.4 Å². The number of carbonyl (C=O) groups is 1. The number of benzene rings is 2. The molecule has 1 heterocycles. The zero-order valence-electron chi connectivity index (χ0n) is 15.6. The van der Waals surface area contributed by atoms with E-state index in [9.17, 15) is 10.1 Å². The fraction of sp³-hybridized carbons (Fsp3) is 0.333. The topological polar surface area (TPSA) is 59.4 Å². The maximum atomic E-state index is 12.5. The van der Waals surface area contributed by atoms with E-state index in [1.54, 1.807) is 6.07 Å². The molecule has 0 spiro atoms. The molecule has 0 bridgehead atoms. The van der Waals surface area contributed by atoms with E-state index in [1.165, 1.54) is 0 Å². The van der Waals surface area contributed by atoms with Crippen LogP contribution in [0.1, 0.15) is 16.7 Å². The standard InChI is InChI=1S/C21H23ClN4O/c1-15-4-3-5-16(2)21(15)24-20(27)14-25-8-10-26(11-9-25)19-7-6-18(22)12-17(19)13-23/h3-7,12H,8-11,14H2,1-2H3,(H,24,27). The lowest BCUT2D eigenvalue weighted by atomic mass is 10.1. The van der Waals surface area contributed by atoms with Gasteiger partial charge in [0.05, 0.1) is 17.8 Å². The zero-order chi connectivity index (χ0) is 19.4. The Kier molecular flexibility index (Phi) is 6.00. The smallest absolute Gasteiger partial charge is 0.238 e. The van der Waals surface area contributed by atoms with Crippen molar-refractivity contribution < 1.29 is 4.79 Å². The number of halogens is 1. The minimum Gasteiger partial charge on any atom is -0.368 e. The minimum atomic E-state index is 0.00468. The van der Waals surface area contributed by atoms with Crippen molar-refractivity contribution in [2.45, 2.75) is 13.8 Å². The van der Waals surface area contributed by atoms with Gasteiger partial charge >= 0.3 is 0 Å². The Balaban J connectivity index is 1.57. The number of amides is 1. The van der Waals surface area contributed by atoms with Crippen molar-refractivity contribution in [3.05, 3.63) is 58.1 Å². The molecule has 0 unspecified atom stereocenters. The number of rotatable bonds is 4. The normalized spacial score (nSPS) is 14.7. The van der Waals surface area contributed by atoms with Gasteiger partial charge in [0, 0.05) is 36.9 Å². The molecule has 1 amide bonds. The van der Waals surface area contributed by atoms with Gasteiger partial charge in [-0.25, -0.2) is 0 Å². The molecule has 0 aromatic heterocycles. The Morgan fingerprint density at radius 2 is 1.81 bits per heavy atom. The van der Waals surface area contributed by atoms with Crippen molar-refractivity contribution in [1.29, 1.82) is 5.26 Å². The third kappa shape index (κ3) is 4.60. The lowest BCUT2D eigenvalue weighted by Gasteiger charge is -2.36. The van der Waals surface area contributed by atoms with E-state index in [0.717, 1.165) is 48.7 Å². The summed E-state index contributed by atoms with van der Waals surface area (Å²) in [4.78, 5) is 16.8. The number of aryl methyl sites for hydroxylation is 2. The molecule has 2 aromatic carbocycles. The van der Waals surface area contributed by atoms with Crippen LogP contribution in [0.25, 0.3) is 0 Å². The van der Waals surface area contributed by atoms with E-state index in [1.807, 2.05) is 44.2 Å². The Morgan fingerprint density at radius 3 is 2.44 bits per heavy atom. The number of nitrogens with one attached hydrogen (secondary N) is 1. The molecule has 6 heteroatoms. The van der Waals surface area contributed by atoms with Crippen LogP contribution < -0.4 is 10.2 Å². The molecule has 1 fully saturated rings. The highest BCUT2D eigenvalue weighted by atomic mass is 35.5. The molecule has 2 aromatic rings. The van der Waals surface area contributed by atoms with Gasteiger partial charge in [-0.15, -0.1) is 0 Å². The molecule has 1 saturated heterocycles. The van der Waals surface area contributed by atoms with Crippen LogP contribution in [0.3, 0.4) is 0 Å². The maximum Gasteiger partial charge on any atom is 0.238 e. The van der Waals surface area contributed by atoms with Crippen molar-refractivity contribution in [2.75, 3.05) is 42.9 Å². The number of nitrogens with zero attached hydrogens (tertiary/aromatic N) is 3. The van der Waals surface area contributed by atoms with Crippen LogP contribution in [-0.2, 0) is 4.79 Å². The molecule has 5 nitrogen and oxygen atoms in total. The predicted molar refractivity (Wildman–Crippen MR) is 109 cm³/mol. The van der Waals surface area contributed by atoms with Crippen molar-refractivity contribution in [3.63, 3.8) is 0 Å². The van der Waals surface area contributed by atoms with E-state index in [0.29, 0.717) is 17.1 Å². The van der Waals surface area contributed by atoms with Gasteiger partial charge in [0.25, 0.3) is 0 Å². The third-order valence-corrected chi connectivity index (χ3v) is 5.14. The molecule has 3 rings (SSSR count). The van der Waals surface area contributed by atoms with Crippen LogP contribution in [0.5, 0.6) is 0 Å². The fourth-order valence-corrected chi connectivity index (χ4v) is 3.59. The van der Waals surface area contributed by atoms with Gasteiger partial charge in [-0.3, -0.25) is 9.69 Å². The van der Waals surface area contributed by atoms with Gasteiger partial charge in [-0.1, -0.05) is 29.8 Å². The van der Waals surface area contributed by atoms with Gasteiger partial charge in [0.2, 0.25) is 5.91 Å². The first kappa shape index (κ1) is 19.2. The number of carbonyl (C=O) groups excluding carboxylic acids is 1. The first-order chi connectivity index (χ1) is 13.0. The molecule has 1 aliphatic rings. The maximum absolute atomic E-state index is 12.5. The van der Waals surface area contributed by atoms with Gasteiger partial charge < -0.3 is 10.2 Å². The lowest BCUT2D eigenvalue weighted by molar-refractivity contribution is -0.117. The van der Waals surface area contributed by atoms with Crippen LogP contribution in [0, 0.1) is 25.2 Å². The number of para-hydroxylation sites is 1. The predicted octanol–water partition coefficient (Wildman–Crippen LogP) is 3.59. The number of anilines is 2. The van der Waals surface area contributed by atoms with Crippen LogP contribution in [0.2, 0.25) is 5.02 Å². The molecule has 0 radical (unpaired) electrons. The molecular weight excluding hydrogens is 360 g/mol. The summed E-state index contributed by atoms with van der Waals surface area (Å²) >= 11 is 5.98. The van der Waals surface area contributed by atoms with Gasteiger partial charge in [-0.05, 0) is 43.2 Å². The quantitative estimate of drug-likeness (QED) is 0.877. The van der Waals surface area contributed by atoms with Crippen LogP contribution in [0.4, 0.5) is 11.4 Å². The van der Waals surface area contributed by atoms with E-state index in [4.69, 9.17) is 11.6 Å². The Hall–Kier alpha value is -2.55. The Bertz CT molecular complexity index is 862. The van der Waals surface area contributed by atoms with E-state index in [-0.39, 0.29) is 5.91 Å². The molecular formula is C21H23ClN4O. The van der Waals surface area contributed by atoms with E-state index >= 15 is 0 Å². The first-order valence-electron chi connectivity index (χ1n) is 9.01. The SMILES string of the molecule is Cc1cccc(C)c1NC(=O)CN1CCN(c2ccc(Cl)cc2C#N)CC1. The largest absolute Gasteiger partial charge is 0.368 e. The second kappa shape index (κ2) is 8.43. The summed E-state index contributed by atoms with van der Waals surface area (Å²) in [6.07, 6.45) is 0. The van der Waals surface area contributed by atoms with Crippen molar-refractivity contribution >= 4 is 28.9 Å². The number of piperazine rings is 1. The third-order valence-electron chi connectivity index (χ3n) is 4.90. The highest BCUT2D eigenvalue weighted by Gasteiger charge is 2.21. The Labute approximate surface area is 165 Å². The Morgan fingerprint density at radius 1 is 1.15 bits per heavy atom. The van der Waals surface area contributed by atoms with Crippen LogP contribution in [-0.4, -0.2) is 43.5 Å². The van der Waals surface area contributed by atoms with Gasteiger partial charge in [0.1, 0.15) is 6.07 Å². The summed E-state index contributed by atoms with van der Waals surface area (Å²) in [5.74, 6) is 0.00468. The second-order valence-corrected chi connectivity index (χ2v) is 7.29. The highest BCUT2D eigenvalue weighted by molar-refractivity contribution is 6.30. The summed E-state index contributed by atoms with van der Waals surface area (Å²) in [5.41, 5.74) is 4.53. The van der Waals surface area contributed by atoms with Crippen molar-refractivity contribution in [3.8, 4) is 6.07 Å². The van der Waals surface area contributed by atoms with Gasteiger partial charge in [-0.2, -0.15) is 5.26 Å². The second-order valence-electron chi connectivity index (χ2n) is 6.85. The molecule has 27 heavy (non-hydrogen) atoms. The van der Waals surface area contributed by atoms with E-state index < -0.39 is 0 Å². The molecule has 140 valence electrons. The molecule has 1 aliphatic heterocycles. The number of hydrogen-bond acceptors (Lipinski definition) is 4. The average molecular weight is 383 g/mol. The van der Waals surface area contributed by atoms with Crippen molar-refractivity contribution in [1.82, 2.24) is 4.90 Å². The summed E-state index contributed by atoms with van der Waals surface area (Å²) in [7, 11) is 0. The summed E-state index contributed by atoms with van der Waals surface area (Å²) in [5, 5.41) is 12.9. The molecule has 1 N–H and O–H groups in total.